The van der Waals surface area contributed by atoms with E-state index in [4.69, 9.17) is 0 Å². The largest absolute Gasteiger partial charge is 0.224 e. The zero-order valence-electron chi connectivity index (χ0n) is 6.74. The SMILES string of the molecule is C[C@@H]1C=C(S(C)(=O)=O)C=CC1. The second-order valence-corrected chi connectivity index (χ2v) is 4.97. The smallest absolute Gasteiger partial charge is 0.175 e. The Hall–Kier alpha value is -0.570. The molecule has 0 N–H and O–H groups in total. The van der Waals surface area contributed by atoms with Crippen LogP contribution in [0.3, 0.4) is 0 Å². The predicted octanol–water partition coefficient (Wildman–Crippen LogP) is 1.51. The normalized spacial score (nSPS) is 24.9. The van der Waals surface area contributed by atoms with Crippen molar-refractivity contribution in [3.63, 3.8) is 0 Å². The zero-order chi connectivity index (χ0) is 8.48. The van der Waals surface area contributed by atoms with Crippen LogP contribution in [-0.4, -0.2) is 14.7 Å². The summed E-state index contributed by atoms with van der Waals surface area (Å²) in [5, 5.41) is 0. The highest BCUT2D eigenvalue weighted by Gasteiger charge is 2.12. The molecule has 0 fully saturated rings. The summed E-state index contributed by atoms with van der Waals surface area (Å²) in [6.45, 7) is 2.01. The molecule has 0 aromatic carbocycles. The Labute approximate surface area is 67.5 Å². The standard InChI is InChI=1S/C8H12O2S/c1-7-4-3-5-8(6-7)11(2,9)10/h3,5-7H,4H2,1-2H3/t7-/m0/s1. The molecule has 1 atom stereocenters. The summed E-state index contributed by atoms with van der Waals surface area (Å²) in [6.07, 6.45) is 7.56. The summed E-state index contributed by atoms with van der Waals surface area (Å²) in [5.41, 5.74) is 0. The lowest BCUT2D eigenvalue weighted by atomic mass is 10.0. The van der Waals surface area contributed by atoms with Gasteiger partial charge >= 0.3 is 0 Å². The van der Waals surface area contributed by atoms with Gasteiger partial charge in [0.2, 0.25) is 0 Å². The summed E-state index contributed by atoms with van der Waals surface area (Å²) in [6, 6.07) is 0. The van der Waals surface area contributed by atoms with E-state index in [1.54, 1.807) is 12.2 Å². The number of hydrogen-bond donors (Lipinski definition) is 0. The van der Waals surface area contributed by atoms with Gasteiger partial charge in [-0.2, -0.15) is 0 Å². The minimum absolute atomic E-state index is 0.352. The van der Waals surface area contributed by atoms with E-state index in [1.807, 2.05) is 13.0 Å². The van der Waals surface area contributed by atoms with Gasteiger partial charge in [0.15, 0.2) is 9.84 Å². The van der Waals surface area contributed by atoms with E-state index in [9.17, 15) is 8.42 Å². The van der Waals surface area contributed by atoms with Gasteiger partial charge in [0, 0.05) is 6.26 Å². The average Bonchev–Trinajstić information content (AvgIpc) is 1.86. The van der Waals surface area contributed by atoms with Gasteiger partial charge in [-0.1, -0.05) is 19.1 Å². The molecule has 0 aliphatic heterocycles. The van der Waals surface area contributed by atoms with E-state index in [2.05, 4.69) is 0 Å². The highest BCUT2D eigenvalue weighted by atomic mass is 32.2. The Balaban J connectivity index is 2.98. The molecular weight excluding hydrogens is 160 g/mol. The third-order valence-electron chi connectivity index (χ3n) is 1.67. The average molecular weight is 172 g/mol. The molecule has 3 heteroatoms. The zero-order valence-corrected chi connectivity index (χ0v) is 7.56. The third kappa shape index (κ3) is 2.19. The van der Waals surface area contributed by atoms with E-state index in [1.165, 1.54) is 6.26 Å². The third-order valence-corrected chi connectivity index (χ3v) is 2.80. The lowest BCUT2D eigenvalue weighted by Crippen LogP contribution is -2.04. The van der Waals surface area contributed by atoms with Crippen LogP contribution >= 0.6 is 0 Å². The van der Waals surface area contributed by atoms with Crippen LogP contribution in [0.5, 0.6) is 0 Å². The lowest BCUT2D eigenvalue weighted by Gasteiger charge is -2.09. The van der Waals surface area contributed by atoms with Crippen LogP contribution in [0.4, 0.5) is 0 Å². The molecular formula is C8H12O2S. The van der Waals surface area contributed by atoms with Crippen molar-refractivity contribution in [3.05, 3.63) is 23.1 Å². The Kier molecular flexibility index (Phi) is 2.18. The van der Waals surface area contributed by atoms with Crippen molar-refractivity contribution >= 4 is 9.84 Å². The lowest BCUT2D eigenvalue weighted by molar-refractivity contribution is 0.607. The van der Waals surface area contributed by atoms with Crippen LogP contribution in [0, 0.1) is 5.92 Å². The molecule has 0 spiro atoms. The molecule has 2 nitrogen and oxygen atoms in total. The predicted molar refractivity (Wildman–Crippen MR) is 45.8 cm³/mol. The van der Waals surface area contributed by atoms with Crippen molar-refractivity contribution in [1.82, 2.24) is 0 Å². The van der Waals surface area contributed by atoms with Gasteiger partial charge in [-0.15, -0.1) is 0 Å². The second kappa shape index (κ2) is 2.81. The fourth-order valence-electron chi connectivity index (χ4n) is 1.05. The minimum atomic E-state index is -2.98. The summed E-state index contributed by atoms with van der Waals surface area (Å²) in [5.74, 6) is 0.352. The van der Waals surface area contributed by atoms with Gasteiger partial charge in [0.1, 0.15) is 0 Å². The summed E-state index contributed by atoms with van der Waals surface area (Å²) in [7, 11) is -2.98. The first-order valence-corrected chi connectivity index (χ1v) is 5.47. The fraction of sp³-hybridized carbons (Fsp3) is 0.500. The molecule has 0 unspecified atom stereocenters. The molecule has 0 amide bonds. The van der Waals surface area contributed by atoms with Gasteiger partial charge < -0.3 is 0 Å². The molecule has 0 saturated carbocycles. The van der Waals surface area contributed by atoms with Crippen LogP contribution in [0.1, 0.15) is 13.3 Å². The van der Waals surface area contributed by atoms with Gasteiger partial charge in [-0.05, 0) is 18.4 Å². The molecule has 62 valence electrons. The van der Waals surface area contributed by atoms with Crippen LogP contribution < -0.4 is 0 Å². The highest BCUT2D eigenvalue weighted by molar-refractivity contribution is 7.94. The van der Waals surface area contributed by atoms with Crippen molar-refractivity contribution in [2.24, 2.45) is 5.92 Å². The molecule has 0 bridgehead atoms. The van der Waals surface area contributed by atoms with Crippen molar-refractivity contribution in [3.8, 4) is 0 Å². The van der Waals surface area contributed by atoms with Crippen molar-refractivity contribution in [1.29, 1.82) is 0 Å². The molecule has 0 aromatic rings. The van der Waals surface area contributed by atoms with Crippen LogP contribution in [-0.2, 0) is 9.84 Å². The van der Waals surface area contributed by atoms with E-state index >= 15 is 0 Å². The van der Waals surface area contributed by atoms with Crippen molar-refractivity contribution < 1.29 is 8.42 Å². The number of allylic oxidation sites excluding steroid dienone is 3. The van der Waals surface area contributed by atoms with Gasteiger partial charge in [0.25, 0.3) is 0 Å². The topological polar surface area (TPSA) is 34.1 Å². The Bertz CT molecular complexity index is 296. The van der Waals surface area contributed by atoms with E-state index in [0.717, 1.165) is 6.42 Å². The van der Waals surface area contributed by atoms with E-state index in [-0.39, 0.29) is 0 Å². The molecule has 1 aliphatic rings. The van der Waals surface area contributed by atoms with Crippen LogP contribution in [0.2, 0.25) is 0 Å². The van der Waals surface area contributed by atoms with Crippen LogP contribution in [0.15, 0.2) is 23.1 Å². The Morgan fingerprint density at radius 2 is 2.18 bits per heavy atom. The first kappa shape index (κ1) is 8.53. The first-order valence-electron chi connectivity index (χ1n) is 3.58. The van der Waals surface area contributed by atoms with Crippen LogP contribution in [0.25, 0.3) is 0 Å². The Morgan fingerprint density at radius 1 is 1.55 bits per heavy atom. The van der Waals surface area contributed by atoms with Gasteiger partial charge in [0.05, 0.1) is 4.91 Å². The quantitative estimate of drug-likeness (QED) is 0.601. The summed E-state index contributed by atoms with van der Waals surface area (Å²) < 4.78 is 22.0. The van der Waals surface area contributed by atoms with Crippen molar-refractivity contribution in [2.45, 2.75) is 13.3 Å². The van der Waals surface area contributed by atoms with Crippen molar-refractivity contribution in [2.75, 3.05) is 6.26 Å². The maximum absolute atomic E-state index is 11.0. The molecule has 0 radical (unpaired) electrons. The molecule has 11 heavy (non-hydrogen) atoms. The second-order valence-electron chi connectivity index (χ2n) is 2.96. The summed E-state index contributed by atoms with van der Waals surface area (Å²) >= 11 is 0. The highest BCUT2D eigenvalue weighted by Crippen LogP contribution is 2.18. The fourth-order valence-corrected chi connectivity index (χ4v) is 1.87. The molecule has 0 aromatic heterocycles. The van der Waals surface area contributed by atoms with Gasteiger partial charge in [-0.25, -0.2) is 8.42 Å². The maximum atomic E-state index is 11.0. The van der Waals surface area contributed by atoms with E-state index < -0.39 is 9.84 Å². The maximum Gasteiger partial charge on any atom is 0.175 e. The minimum Gasteiger partial charge on any atom is -0.224 e. The molecule has 0 heterocycles. The monoisotopic (exact) mass is 172 g/mol. The first-order chi connectivity index (χ1) is 5.00. The van der Waals surface area contributed by atoms with E-state index in [0.29, 0.717) is 10.8 Å². The molecule has 1 aliphatic carbocycles. The molecule has 1 rings (SSSR count). The molecule has 0 saturated heterocycles. The summed E-state index contributed by atoms with van der Waals surface area (Å²) in [4.78, 5) is 0.455. The number of sulfone groups is 1. The van der Waals surface area contributed by atoms with Gasteiger partial charge in [-0.3, -0.25) is 0 Å². The number of hydrogen-bond acceptors (Lipinski definition) is 2. The Morgan fingerprint density at radius 3 is 2.55 bits per heavy atom. The number of rotatable bonds is 1.